The maximum absolute atomic E-state index is 12.2. The molecular formula is C11H22N2O4S. The largest absolute Gasteiger partial charge is 0.394 e. The van der Waals surface area contributed by atoms with E-state index in [4.69, 9.17) is 10.5 Å². The highest BCUT2D eigenvalue weighted by atomic mass is 32.2. The number of aliphatic hydroxyl groups excluding tert-OH is 2. The molecule has 1 rings (SSSR count). The zero-order valence-corrected chi connectivity index (χ0v) is 11.5. The molecule has 2 atom stereocenters. The average Bonchev–Trinajstić information content (AvgIpc) is 2.43. The van der Waals surface area contributed by atoms with E-state index in [1.165, 1.54) is 4.90 Å². The van der Waals surface area contributed by atoms with Crippen molar-refractivity contribution in [2.75, 3.05) is 44.9 Å². The molecule has 2 unspecified atom stereocenters. The number of carbonyl (C=O) groups excluding carboxylic acids is 1. The molecule has 4 N–H and O–H groups in total. The van der Waals surface area contributed by atoms with Gasteiger partial charge in [0.05, 0.1) is 19.8 Å². The molecule has 1 saturated heterocycles. The first-order chi connectivity index (χ1) is 8.61. The van der Waals surface area contributed by atoms with Crippen LogP contribution >= 0.6 is 11.8 Å². The summed E-state index contributed by atoms with van der Waals surface area (Å²) in [6.07, 6.45) is 1.29. The molecule has 0 aromatic heterocycles. The third kappa shape index (κ3) is 3.36. The number of amides is 1. The fourth-order valence-electron chi connectivity index (χ4n) is 1.97. The van der Waals surface area contributed by atoms with E-state index in [9.17, 15) is 15.0 Å². The maximum Gasteiger partial charge on any atom is 0.252 e. The number of morpholine rings is 1. The number of hydrogen-bond donors (Lipinski definition) is 3. The van der Waals surface area contributed by atoms with Crippen LogP contribution in [0.1, 0.15) is 6.42 Å². The third-order valence-corrected chi connectivity index (χ3v) is 3.87. The van der Waals surface area contributed by atoms with Crippen molar-refractivity contribution in [2.45, 2.75) is 18.1 Å². The van der Waals surface area contributed by atoms with Crippen LogP contribution in [0.5, 0.6) is 0 Å². The van der Waals surface area contributed by atoms with Gasteiger partial charge in [0.15, 0.2) is 0 Å². The van der Waals surface area contributed by atoms with Crippen molar-refractivity contribution in [3.8, 4) is 0 Å². The third-order valence-electron chi connectivity index (χ3n) is 3.22. The Morgan fingerprint density at radius 1 is 1.67 bits per heavy atom. The quantitative estimate of drug-likeness (QED) is 0.556. The Kier molecular flexibility index (Phi) is 6.37. The van der Waals surface area contributed by atoms with Crippen LogP contribution in [-0.4, -0.2) is 77.6 Å². The lowest BCUT2D eigenvalue weighted by atomic mass is 9.97. The fraction of sp³-hybridized carbons (Fsp3) is 0.909. The summed E-state index contributed by atoms with van der Waals surface area (Å²) in [5.74, 6) is 0.346. The summed E-state index contributed by atoms with van der Waals surface area (Å²) in [4.78, 5) is 13.7. The van der Waals surface area contributed by atoms with Crippen molar-refractivity contribution in [3.63, 3.8) is 0 Å². The van der Waals surface area contributed by atoms with Crippen LogP contribution in [0.15, 0.2) is 0 Å². The minimum absolute atomic E-state index is 0.116. The number of thioether (sulfide) groups is 1. The van der Waals surface area contributed by atoms with Gasteiger partial charge in [0.2, 0.25) is 0 Å². The van der Waals surface area contributed by atoms with Gasteiger partial charge in [-0.3, -0.25) is 4.79 Å². The molecule has 106 valence electrons. The molecule has 0 bridgehead atoms. The van der Waals surface area contributed by atoms with E-state index in [1.54, 1.807) is 11.8 Å². The topological polar surface area (TPSA) is 96.0 Å². The van der Waals surface area contributed by atoms with Gasteiger partial charge in [0, 0.05) is 13.1 Å². The molecular weight excluding hydrogens is 256 g/mol. The highest BCUT2D eigenvalue weighted by molar-refractivity contribution is 7.98. The van der Waals surface area contributed by atoms with Crippen LogP contribution in [0.25, 0.3) is 0 Å². The van der Waals surface area contributed by atoms with Crippen molar-refractivity contribution in [1.29, 1.82) is 0 Å². The van der Waals surface area contributed by atoms with Gasteiger partial charge < -0.3 is 25.6 Å². The van der Waals surface area contributed by atoms with Crippen molar-refractivity contribution in [1.82, 2.24) is 4.90 Å². The van der Waals surface area contributed by atoms with Crippen LogP contribution in [-0.2, 0) is 9.53 Å². The molecule has 1 fully saturated rings. The van der Waals surface area contributed by atoms with Crippen LogP contribution in [0.3, 0.4) is 0 Å². The Morgan fingerprint density at radius 2 is 2.39 bits per heavy atom. The van der Waals surface area contributed by atoms with Crippen molar-refractivity contribution in [2.24, 2.45) is 5.73 Å². The lowest BCUT2D eigenvalue weighted by Crippen LogP contribution is -2.66. The van der Waals surface area contributed by atoms with Crippen LogP contribution < -0.4 is 5.73 Å². The molecule has 1 aliphatic heterocycles. The van der Waals surface area contributed by atoms with Crippen molar-refractivity contribution >= 4 is 17.7 Å². The molecule has 0 aromatic carbocycles. The highest BCUT2D eigenvalue weighted by Gasteiger charge is 2.42. The number of hydrogen-bond acceptors (Lipinski definition) is 6. The van der Waals surface area contributed by atoms with E-state index in [-0.39, 0.29) is 25.7 Å². The van der Waals surface area contributed by atoms with Crippen LogP contribution in [0.4, 0.5) is 0 Å². The Bertz CT molecular complexity index is 274. The van der Waals surface area contributed by atoms with Gasteiger partial charge in [0.25, 0.3) is 5.91 Å². The lowest BCUT2D eigenvalue weighted by molar-refractivity contribution is -0.161. The summed E-state index contributed by atoms with van der Waals surface area (Å²) in [6, 6.07) is 0. The van der Waals surface area contributed by atoms with E-state index in [0.29, 0.717) is 25.3 Å². The minimum atomic E-state index is -1.03. The van der Waals surface area contributed by atoms with E-state index in [1.807, 2.05) is 6.26 Å². The second-order valence-corrected chi connectivity index (χ2v) is 5.41. The Morgan fingerprint density at radius 3 is 2.94 bits per heavy atom. The van der Waals surface area contributed by atoms with Gasteiger partial charge >= 0.3 is 0 Å². The van der Waals surface area contributed by atoms with Crippen LogP contribution in [0.2, 0.25) is 0 Å². The number of nitrogens with zero attached hydrogens (tertiary/aromatic N) is 1. The molecule has 7 heteroatoms. The molecule has 1 amide bonds. The number of ether oxygens (including phenoxy) is 1. The monoisotopic (exact) mass is 278 g/mol. The highest BCUT2D eigenvalue weighted by Crippen LogP contribution is 2.20. The van der Waals surface area contributed by atoms with Gasteiger partial charge in [-0.25, -0.2) is 0 Å². The SMILES string of the molecule is CSCCC(O)C(=O)N1CCOCC1(CN)CO. The molecule has 0 radical (unpaired) electrons. The Labute approximate surface area is 111 Å². The molecule has 18 heavy (non-hydrogen) atoms. The smallest absolute Gasteiger partial charge is 0.252 e. The molecule has 6 nitrogen and oxygen atoms in total. The van der Waals surface area contributed by atoms with Gasteiger partial charge in [-0.2, -0.15) is 11.8 Å². The average molecular weight is 278 g/mol. The van der Waals surface area contributed by atoms with E-state index >= 15 is 0 Å². The summed E-state index contributed by atoms with van der Waals surface area (Å²) in [7, 11) is 0. The zero-order chi connectivity index (χ0) is 13.6. The first kappa shape index (κ1) is 15.7. The van der Waals surface area contributed by atoms with Gasteiger partial charge in [-0.05, 0) is 18.4 Å². The van der Waals surface area contributed by atoms with E-state index < -0.39 is 11.6 Å². The number of rotatable bonds is 6. The first-order valence-electron chi connectivity index (χ1n) is 5.98. The van der Waals surface area contributed by atoms with Gasteiger partial charge in [-0.1, -0.05) is 0 Å². The first-order valence-corrected chi connectivity index (χ1v) is 7.38. The molecule has 1 aliphatic rings. The number of nitrogens with two attached hydrogens (primary N) is 1. The van der Waals surface area contributed by atoms with E-state index in [0.717, 1.165) is 0 Å². The molecule has 0 saturated carbocycles. The van der Waals surface area contributed by atoms with Crippen molar-refractivity contribution < 1.29 is 19.7 Å². The number of carbonyl (C=O) groups is 1. The second-order valence-electron chi connectivity index (χ2n) is 4.43. The maximum atomic E-state index is 12.2. The minimum Gasteiger partial charge on any atom is -0.394 e. The normalized spacial score (nSPS) is 26.1. The van der Waals surface area contributed by atoms with E-state index in [2.05, 4.69) is 0 Å². The van der Waals surface area contributed by atoms with Gasteiger partial charge in [-0.15, -0.1) is 0 Å². The summed E-state index contributed by atoms with van der Waals surface area (Å²) in [5, 5.41) is 19.3. The standard InChI is InChI=1S/C11H22N2O4S/c1-18-5-2-9(15)10(16)13-3-4-17-8-11(13,6-12)7-14/h9,14-15H,2-8,12H2,1H3. The molecule has 1 heterocycles. The second kappa shape index (κ2) is 7.30. The summed E-state index contributed by atoms with van der Waals surface area (Å²) >= 11 is 1.58. The predicted octanol–water partition coefficient (Wildman–Crippen LogP) is -1.35. The molecule has 0 spiro atoms. The summed E-state index contributed by atoms with van der Waals surface area (Å²) in [6.45, 7) is 0.825. The number of aliphatic hydroxyl groups is 2. The lowest BCUT2D eigenvalue weighted by Gasteiger charge is -2.45. The Balaban J connectivity index is 2.73. The fourth-order valence-corrected chi connectivity index (χ4v) is 2.43. The zero-order valence-electron chi connectivity index (χ0n) is 10.7. The summed E-state index contributed by atoms with van der Waals surface area (Å²) in [5.41, 5.74) is 4.76. The van der Waals surface area contributed by atoms with Crippen LogP contribution in [0, 0.1) is 0 Å². The predicted molar refractivity (Wildman–Crippen MR) is 70.4 cm³/mol. The molecule has 0 aromatic rings. The van der Waals surface area contributed by atoms with Crippen molar-refractivity contribution in [3.05, 3.63) is 0 Å². The summed E-state index contributed by atoms with van der Waals surface area (Å²) < 4.78 is 5.29. The molecule has 0 aliphatic carbocycles. The van der Waals surface area contributed by atoms with Gasteiger partial charge in [0.1, 0.15) is 11.6 Å². The Hall–Kier alpha value is -0.340.